The maximum atomic E-state index is 6.33. The van der Waals surface area contributed by atoms with Gasteiger partial charge in [0.25, 0.3) is 0 Å². The summed E-state index contributed by atoms with van der Waals surface area (Å²) in [5, 5.41) is 0. The van der Waals surface area contributed by atoms with Crippen LogP contribution in [-0.2, 0) is 4.74 Å². The summed E-state index contributed by atoms with van der Waals surface area (Å²) in [5.74, 6) is 0. The second-order valence-corrected chi connectivity index (χ2v) is 7.94. The van der Waals surface area contributed by atoms with Crippen molar-refractivity contribution in [2.45, 2.75) is 81.3 Å². The van der Waals surface area contributed by atoms with Crippen LogP contribution in [0.4, 0.5) is 0 Å². The van der Waals surface area contributed by atoms with Crippen LogP contribution in [0.3, 0.4) is 0 Å². The molecule has 2 aliphatic carbocycles. The normalized spacial score (nSPS) is 36.2. The molecule has 0 heterocycles. The Balaban J connectivity index is 1.77. The second-order valence-electron chi connectivity index (χ2n) is 6.34. The van der Waals surface area contributed by atoms with E-state index in [-0.39, 0.29) is 0 Å². The topological polar surface area (TPSA) is 9.23 Å². The minimum absolute atomic E-state index is 0.556. The number of hydrogen-bond acceptors (Lipinski definition) is 1. The van der Waals surface area contributed by atoms with Crippen molar-refractivity contribution in [1.82, 2.24) is 0 Å². The Morgan fingerprint density at radius 2 is 1.62 bits per heavy atom. The maximum Gasteiger partial charge on any atom is 0.0696 e. The summed E-state index contributed by atoms with van der Waals surface area (Å²) >= 11 is 2.60. The predicted molar refractivity (Wildman–Crippen MR) is 77.2 cm³/mol. The Hall–Kier alpha value is 0.690. The molecular weight excluding hydrogens is 311 g/mol. The molecule has 1 nitrogen and oxygen atoms in total. The van der Waals surface area contributed by atoms with E-state index < -0.39 is 0 Å². The first kappa shape index (κ1) is 13.1. The third kappa shape index (κ3) is 3.59. The molecule has 0 bridgehead atoms. The van der Waals surface area contributed by atoms with Gasteiger partial charge >= 0.3 is 0 Å². The van der Waals surface area contributed by atoms with Crippen LogP contribution in [0, 0.1) is 5.41 Å². The molecule has 2 heteroatoms. The Morgan fingerprint density at radius 1 is 1.00 bits per heavy atom. The lowest BCUT2D eigenvalue weighted by Crippen LogP contribution is -2.35. The highest BCUT2D eigenvalue weighted by molar-refractivity contribution is 14.1. The van der Waals surface area contributed by atoms with Crippen molar-refractivity contribution >= 4 is 22.6 Å². The zero-order valence-corrected chi connectivity index (χ0v) is 12.8. The largest absolute Gasteiger partial charge is 0.374 e. The van der Waals surface area contributed by atoms with Crippen molar-refractivity contribution in [3.8, 4) is 0 Å². The molecule has 2 fully saturated rings. The van der Waals surface area contributed by atoms with Gasteiger partial charge in [-0.05, 0) is 43.9 Å². The molecule has 0 amide bonds. The molecule has 0 N–H and O–H groups in total. The van der Waals surface area contributed by atoms with Gasteiger partial charge in [-0.15, -0.1) is 0 Å². The number of alkyl halides is 1. The summed E-state index contributed by atoms with van der Waals surface area (Å²) in [4.78, 5) is 0. The van der Waals surface area contributed by atoms with Crippen LogP contribution in [0.15, 0.2) is 0 Å². The van der Waals surface area contributed by atoms with Gasteiger partial charge in [-0.25, -0.2) is 0 Å². The fraction of sp³-hybridized carbons (Fsp3) is 1.00. The average molecular weight is 336 g/mol. The van der Waals surface area contributed by atoms with Gasteiger partial charge in [-0.3, -0.25) is 0 Å². The number of ether oxygens (including phenoxy) is 1. The molecule has 2 unspecified atom stereocenters. The number of hydrogen-bond donors (Lipinski definition) is 0. The van der Waals surface area contributed by atoms with E-state index in [0.717, 1.165) is 3.92 Å². The van der Waals surface area contributed by atoms with Gasteiger partial charge < -0.3 is 4.74 Å². The van der Waals surface area contributed by atoms with E-state index >= 15 is 0 Å². The van der Waals surface area contributed by atoms with Gasteiger partial charge in [-0.2, -0.15) is 0 Å². The quantitative estimate of drug-likeness (QED) is 0.524. The molecule has 0 aromatic carbocycles. The van der Waals surface area contributed by atoms with E-state index in [4.69, 9.17) is 4.74 Å². The molecule has 2 saturated carbocycles. The van der Waals surface area contributed by atoms with Gasteiger partial charge in [0, 0.05) is 3.92 Å². The minimum Gasteiger partial charge on any atom is -0.374 e. The van der Waals surface area contributed by atoms with E-state index in [2.05, 4.69) is 36.4 Å². The Labute approximate surface area is 114 Å². The zero-order valence-electron chi connectivity index (χ0n) is 10.7. The summed E-state index contributed by atoms with van der Waals surface area (Å²) < 4.78 is 7.10. The fourth-order valence-corrected chi connectivity index (χ4v) is 3.93. The van der Waals surface area contributed by atoms with Crippen molar-refractivity contribution in [3.05, 3.63) is 0 Å². The van der Waals surface area contributed by atoms with Crippen molar-refractivity contribution in [2.24, 2.45) is 5.41 Å². The van der Waals surface area contributed by atoms with Gasteiger partial charge in [0.05, 0.1) is 12.2 Å². The van der Waals surface area contributed by atoms with Crippen molar-refractivity contribution < 1.29 is 4.74 Å². The highest BCUT2D eigenvalue weighted by Crippen LogP contribution is 2.38. The standard InChI is InChI=1S/C14H25IO/c1-14(2)9-7-11(8-10-14)16-13-6-4-3-5-12(13)15/h11-13H,3-10H2,1-2H3. The van der Waals surface area contributed by atoms with Crippen LogP contribution < -0.4 is 0 Å². The monoisotopic (exact) mass is 336 g/mol. The highest BCUT2D eigenvalue weighted by Gasteiger charge is 2.31. The van der Waals surface area contributed by atoms with Gasteiger partial charge in [-0.1, -0.05) is 49.3 Å². The van der Waals surface area contributed by atoms with Crippen LogP contribution >= 0.6 is 22.6 Å². The predicted octanol–water partition coefficient (Wildman–Crippen LogP) is 4.72. The van der Waals surface area contributed by atoms with E-state index in [9.17, 15) is 0 Å². The van der Waals surface area contributed by atoms with Crippen LogP contribution in [0.2, 0.25) is 0 Å². The lowest BCUT2D eigenvalue weighted by atomic mass is 9.76. The molecule has 2 rings (SSSR count). The molecular formula is C14H25IO. The maximum absolute atomic E-state index is 6.33. The third-order valence-corrected chi connectivity index (χ3v) is 5.70. The number of rotatable bonds is 2. The van der Waals surface area contributed by atoms with E-state index in [1.54, 1.807) is 0 Å². The average Bonchev–Trinajstić information content (AvgIpc) is 2.24. The lowest BCUT2D eigenvalue weighted by molar-refractivity contribution is -0.0533. The summed E-state index contributed by atoms with van der Waals surface area (Å²) in [5.41, 5.74) is 0.566. The summed E-state index contributed by atoms with van der Waals surface area (Å²) in [6, 6.07) is 0. The molecule has 2 atom stereocenters. The van der Waals surface area contributed by atoms with Crippen LogP contribution in [0.25, 0.3) is 0 Å². The summed E-state index contributed by atoms with van der Waals surface area (Å²) in [6.45, 7) is 4.79. The van der Waals surface area contributed by atoms with Crippen molar-refractivity contribution in [2.75, 3.05) is 0 Å². The molecule has 0 aromatic rings. The molecule has 94 valence electrons. The lowest BCUT2D eigenvalue weighted by Gasteiger charge is -2.38. The molecule has 0 radical (unpaired) electrons. The molecule has 16 heavy (non-hydrogen) atoms. The third-order valence-electron chi connectivity index (χ3n) is 4.28. The van der Waals surface area contributed by atoms with Crippen LogP contribution in [0.5, 0.6) is 0 Å². The molecule has 0 aromatic heterocycles. The van der Waals surface area contributed by atoms with Gasteiger partial charge in [0.2, 0.25) is 0 Å². The van der Waals surface area contributed by atoms with E-state index in [0.29, 0.717) is 17.6 Å². The minimum atomic E-state index is 0.556. The van der Waals surface area contributed by atoms with Gasteiger partial charge in [0.1, 0.15) is 0 Å². The summed E-state index contributed by atoms with van der Waals surface area (Å²) in [6.07, 6.45) is 11.8. The smallest absolute Gasteiger partial charge is 0.0696 e. The van der Waals surface area contributed by atoms with E-state index in [1.807, 2.05) is 0 Å². The molecule has 0 spiro atoms. The Bertz CT molecular complexity index is 217. The second kappa shape index (κ2) is 5.55. The van der Waals surface area contributed by atoms with Crippen molar-refractivity contribution in [3.63, 3.8) is 0 Å². The first-order valence-electron chi connectivity index (χ1n) is 6.86. The fourth-order valence-electron chi connectivity index (χ4n) is 2.96. The van der Waals surface area contributed by atoms with Crippen molar-refractivity contribution in [1.29, 1.82) is 0 Å². The zero-order chi connectivity index (χ0) is 11.6. The van der Waals surface area contributed by atoms with Gasteiger partial charge in [0.15, 0.2) is 0 Å². The molecule has 0 saturated heterocycles. The first-order chi connectivity index (χ1) is 7.57. The molecule has 0 aliphatic heterocycles. The van der Waals surface area contributed by atoms with E-state index in [1.165, 1.54) is 51.4 Å². The summed E-state index contributed by atoms with van der Waals surface area (Å²) in [7, 11) is 0. The highest BCUT2D eigenvalue weighted by atomic mass is 127. The first-order valence-corrected chi connectivity index (χ1v) is 8.11. The Kier molecular flexibility index (Phi) is 4.56. The molecule has 2 aliphatic rings. The van der Waals surface area contributed by atoms with Crippen LogP contribution in [-0.4, -0.2) is 16.1 Å². The SMILES string of the molecule is CC1(C)CCC(OC2CCCCC2I)CC1. The number of halogens is 1. The van der Waals surface area contributed by atoms with Crippen LogP contribution in [0.1, 0.15) is 65.2 Å². The Morgan fingerprint density at radius 3 is 2.25 bits per heavy atom.